The minimum Gasteiger partial charge on any atom is -0.467 e. The second-order valence-electron chi connectivity index (χ2n) is 7.05. The number of rotatable bonds is 5. The molecule has 30 heavy (non-hydrogen) atoms. The lowest BCUT2D eigenvalue weighted by atomic mass is 10.1. The third-order valence-electron chi connectivity index (χ3n) is 5.11. The third-order valence-corrected chi connectivity index (χ3v) is 5.11. The topological polar surface area (TPSA) is 101 Å². The Labute approximate surface area is 171 Å². The Morgan fingerprint density at radius 3 is 2.93 bits per heavy atom. The highest BCUT2D eigenvalue weighted by Gasteiger charge is 2.16. The first kappa shape index (κ1) is 18.0. The second-order valence-corrected chi connectivity index (χ2v) is 7.05. The molecule has 0 aliphatic rings. The number of hydrogen-bond acceptors (Lipinski definition) is 5. The van der Waals surface area contributed by atoms with Crippen LogP contribution in [0.2, 0.25) is 0 Å². The molecule has 0 atom stereocenters. The smallest absolute Gasteiger partial charge is 0.251 e. The van der Waals surface area contributed by atoms with Crippen LogP contribution in [-0.4, -0.2) is 32.5 Å². The Hall–Kier alpha value is -4.07. The highest BCUT2D eigenvalue weighted by molar-refractivity contribution is 6.07. The van der Waals surface area contributed by atoms with Crippen molar-refractivity contribution in [3.05, 3.63) is 66.4 Å². The van der Waals surface area contributed by atoms with E-state index in [4.69, 9.17) is 4.42 Å². The molecule has 0 saturated heterocycles. The summed E-state index contributed by atoms with van der Waals surface area (Å²) in [6.07, 6.45) is 3.37. The van der Waals surface area contributed by atoms with Crippen LogP contribution in [0.3, 0.4) is 0 Å². The van der Waals surface area contributed by atoms with E-state index in [2.05, 4.69) is 25.6 Å². The van der Waals surface area contributed by atoms with E-state index in [1.807, 2.05) is 49.0 Å². The minimum absolute atomic E-state index is 0.158. The third kappa shape index (κ3) is 2.98. The highest BCUT2D eigenvalue weighted by atomic mass is 16.3. The van der Waals surface area contributed by atoms with Crippen LogP contribution >= 0.6 is 0 Å². The van der Waals surface area contributed by atoms with E-state index in [0.29, 0.717) is 17.9 Å². The molecule has 0 fully saturated rings. The van der Waals surface area contributed by atoms with Gasteiger partial charge in [0.1, 0.15) is 16.9 Å². The molecule has 0 saturated carbocycles. The summed E-state index contributed by atoms with van der Waals surface area (Å²) in [5, 5.41) is 6.96. The monoisotopic (exact) mass is 400 g/mol. The van der Waals surface area contributed by atoms with Gasteiger partial charge < -0.3 is 24.6 Å². The van der Waals surface area contributed by atoms with Crippen molar-refractivity contribution in [3.63, 3.8) is 0 Å². The van der Waals surface area contributed by atoms with Crippen molar-refractivity contribution in [1.82, 2.24) is 24.8 Å². The van der Waals surface area contributed by atoms with Crippen molar-refractivity contribution in [3.8, 4) is 11.3 Å². The van der Waals surface area contributed by atoms with Gasteiger partial charge in [0.2, 0.25) is 0 Å². The average Bonchev–Trinajstić information content (AvgIpc) is 3.51. The van der Waals surface area contributed by atoms with Crippen LogP contribution in [0.4, 0.5) is 5.82 Å². The van der Waals surface area contributed by atoms with E-state index in [0.717, 1.165) is 39.1 Å². The molecule has 8 heteroatoms. The normalized spacial score (nSPS) is 11.3. The number of nitrogens with one attached hydrogen (secondary N) is 3. The van der Waals surface area contributed by atoms with Crippen molar-refractivity contribution in [2.45, 2.75) is 6.54 Å². The van der Waals surface area contributed by atoms with Gasteiger partial charge in [-0.1, -0.05) is 12.1 Å². The van der Waals surface area contributed by atoms with Crippen molar-refractivity contribution < 1.29 is 9.21 Å². The number of anilines is 1. The zero-order valence-electron chi connectivity index (χ0n) is 16.6. The molecule has 0 spiro atoms. The Bertz CT molecular complexity index is 1360. The summed E-state index contributed by atoms with van der Waals surface area (Å²) in [5.74, 6) is 1.27. The summed E-state index contributed by atoms with van der Waals surface area (Å²) in [6.45, 7) is 0.345. The fourth-order valence-electron chi connectivity index (χ4n) is 3.64. The van der Waals surface area contributed by atoms with Crippen molar-refractivity contribution in [1.29, 1.82) is 0 Å². The summed E-state index contributed by atoms with van der Waals surface area (Å²) in [6, 6.07) is 13.2. The van der Waals surface area contributed by atoms with Crippen LogP contribution in [0.25, 0.3) is 33.3 Å². The van der Waals surface area contributed by atoms with E-state index in [1.54, 1.807) is 24.7 Å². The van der Waals surface area contributed by atoms with Crippen LogP contribution < -0.4 is 10.6 Å². The fourth-order valence-corrected chi connectivity index (χ4v) is 3.64. The lowest BCUT2D eigenvalue weighted by Crippen LogP contribution is -2.22. The maximum atomic E-state index is 12.6. The molecule has 1 amide bonds. The Kier molecular flexibility index (Phi) is 4.24. The molecule has 150 valence electrons. The van der Waals surface area contributed by atoms with Gasteiger partial charge in [0.15, 0.2) is 5.82 Å². The summed E-state index contributed by atoms with van der Waals surface area (Å²) in [4.78, 5) is 25.1. The zero-order chi connectivity index (χ0) is 20.7. The standard InChI is InChI=1S/C22H20N6O2/c1-23-21-18-19(28(2)12-25-18)16-10-17(26-20(16)27-21)13-5-3-6-14(9-13)22(29)24-11-15-7-4-8-30-15/h3-10,12H,11H2,1-2H3,(H,24,29)(H2,23,26,27). The quantitative estimate of drug-likeness (QED) is 0.418. The number of pyridine rings is 1. The summed E-state index contributed by atoms with van der Waals surface area (Å²) in [5.41, 5.74) is 4.95. The van der Waals surface area contributed by atoms with Gasteiger partial charge in [-0.25, -0.2) is 9.97 Å². The molecule has 0 unspecified atom stereocenters. The Morgan fingerprint density at radius 2 is 2.13 bits per heavy atom. The van der Waals surface area contributed by atoms with E-state index in [1.165, 1.54) is 0 Å². The molecule has 5 rings (SSSR count). The van der Waals surface area contributed by atoms with Crippen LogP contribution in [0.1, 0.15) is 16.1 Å². The van der Waals surface area contributed by atoms with Crippen molar-refractivity contribution in [2.24, 2.45) is 7.05 Å². The van der Waals surface area contributed by atoms with E-state index in [-0.39, 0.29) is 5.91 Å². The van der Waals surface area contributed by atoms with E-state index < -0.39 is 0 Å². The lowest BCUT2D eigenvalue weighted by molar-refractivity contribution is 0.0948. The number of carbonyl (C=O) groups excluding carboxylic acids is 1. The molecule has 1 aromatic carbocycles. The largest absolute Gasteiger partial charge is 0.467 e. The number of nitrogens with zero attached hydrogens (tertiary/aromatic N) is 3. The van der Waals surface area contributed by atoms with Crippen LogP contribution in [0, 0.1) is 0 Å². The molecule has 0 radical (unpaired) electrons. The number of aromatic nitrogens is 4. The van der Waals surface area contributed by atoms with E-state index in [9.17, 15) is 4.79 Å². The van der Waals surface area contributed by atoms with Gasteiger partial charge in [0.05, 0.1) is 24.7 Å². The number of aryl methyl sites for hydroxylation is 1. The molecule has 0 aliphatic heterocycles. The fraction of sp³-hybridized carbons (Fsp3) is 0.136. The predicted octanol–water partition coefficient (Wildman–Crippen LogP) is 3.68. The molecule has 4 heterocycles. The molecule has 4 aromatic heterocycles. The van der Waals surface area contributed by atoms with Gasteiger partial charge in [-0.3, -0.25) is 4.79 Å². The molecule has 3 N–H and O–H groups in total. The second kappa shape index (κ2) is 7.07. The van der Waals surface area contributed by atoms with Gasteiger partial charge in [-0.2, -0.15) is 0 Å². The number of furan rings is 1. The molecular formula is C22H20N6O2. The number of benzene rings is 1. The van der Waals surface area contributed by atoms with Gasteiger partial charge in [-0.15, -0.1) is 0 Å². The number of amides is 1. The number of fused-ring (bicyclic) bond motifs is 3. The lowest BCUT2D eigenvalue weighted by Gasteiger charge is -2.05. The number of aromatic amines is 1. The number of carbonyl (C=O) groups is 1. The van der Waals surface area contributed by atoms with Crippen LogP contribution in [0.5, 0.6) is 0 Å². The van der Waals surface area contributed by atoms with Crippen molar-refractivity contribution >= 4 is 33.8 Å². The average molecular weight is 400 g/mol. The molecule has 5 aromatic rings. The minimum atomic E-state index is -0.158. The molecule has 0 bridgehead atoms. The number of H-pyrrole nitrogens is 1. The summed E-state index contributed by atoms with van der Waals surface area (Å²) >= 11 is 0. The Balaban J connectivity index is 1.51. The first-order chi connectivity index (χ1) is 14.6. The van der Waals surface area contributed by atoms with Gasteiger partial charge >= 0.3 is 0 Å². The Morgan fingerprint density at radius 1 is 1.23 bits per heavy atom. The van der Waals surface area contributed by atoms with Gasteiger partial charge in [0, 0.05) is 30.7 Å². The molecule has 8 nitrogen and oxygen atoms in total. The highest BCUT2D eigenvalue weighted by Crippen LogP contribution is 2.31. The van der Waals surface area contributed by atoms with Crippen LogP contribution in [0.15, 0.2) is 59.5 Å². The van der Waals surface area contributed by atoms with E-state index >= 15 is 0 Å². The SMILES string of the molecule is CNc1nc2[nH]c(-c3cccc(C(=O)NCc4ccco4)c3)cc2c2c1ncn2C. The maximum Gasteiger partial charge on any atom is 0.251 e. The summed E-state index contributed by atoms with van der Waals surface area (Å²) < 4.78 is 7.25. The first-order valence-corrected chi connectivity index (χ1v) is 9.56. The van der Waals surface area contributed by atoms with Gasteiger partial charge in [-0.05, 0) is 35.9 Å². The summed E-state index contributed by atoms with van der Waals surface area (Å²) in [7, 11) is 3.79. The maximum absolute atomic E-state index is 12.6. The molecular weight excluding hydrogens is 380 g/mol. The molecule has 0 aliphatic carbocycles. The predicted molar refractivity (Wildman–Crippen MR) is 115 cm³/mol. The zero-order valence-corrected chi connectivity index (χ0v) is 16.6. The number of imidazole rings is 1. The number of hydrogen-bond donors (Lipinski definition) is 3. The first-order valence-electron chi connectivity index (χ1n) is 9.56. The van der Waals surface area contributed by atoms with Crippen LogP contribution in [-0.2, 0) is 13.6 Å². The van der Waals surface area contributed by atoms with Gasteiger partial charge in [0.25, 0.3) is 5.91 Å². The van der Waals surface area contributed by atoms with Crippen molar-refractivity contribution in [2.75, 3.05) is 12.4 Å².